The Labute approximate surface area is 128 Å². The summed E-state index contributed by atoms with van der Waals surface area (Å²) in [4.78, 5) is 28.4. The van der Waals surface area contributed by atoms with Crippen LogP contribution >= 0.6 is 11.3 Å². The lowest BCUT2D eigenvalue weighted by Crippen LogP contribution is -2.40. The van der Waals surface area contributed by atoms with E-state index < -0.39 is 0 Å². The van der Waals surface area contributed by atoms with Gasteiger partial charge < -0.3 is 4.90 Å². The van der Waals surface area contributed by atoms with Crippen LogP contribution in [0.25, 0.3) is 0 Å². The summed E-state index contributed by atoms with van der Waals surface area (Å²) in [6, 6.07) is 11.5. The van der Waals surface area contributed by atoms with Gasteiger partial charge in [-0.3, -0.25) is 9.59 Å². The molecular formula is C17H17NO2S. The SMILES string of the molecule is CCc1ccc(C(=O)CN2CCc3ccccc3C2=O)s1. The minimum absolute atomic E-state index is 0.0301. The quantitative estimate of drug-likeness (QED) is 0.813. The van der Waals surface area contributed by atoms with Gasteiger partial charge in [-0.2, -0.15) is 0 Å². The molecule has 0 N–H and O–H groups in total. The molecule has 0 saturated carbocycles. The summed E-state index contributed by atoms with van der Waals surface area (Å²) in [6.45, 7) is 2.87. The smallest absolute Gasteiger partial charge is 0.254 e. The van der Waals surface area contributed by atoms with Crippen LogP contribution in [0.15, 0.2) is 36.4 Å². The number of fused-ring (bicyclic) bond motifs is 1. The molecule has 3 nitrogen and oxygen atoms in total. The van der Waals surface area contributed by atoms with Gasteiger partial charge in [0.05, 0.1) is 11.4 Å². The van der Waals surface area contributed by atoms with E-state index in [1.165, 1.54) is 16.2 Å². The van der Waals surface area contributed by atoms with Gasteiger partial charge in [0.1, 0.15) is 0 Å². The summed E-state index contributed by atoms with van der Waals surface area (Å²) in [6.07, 6.45) is 1.76. The highest BCUT2D eigenvalue weighted by Gasteiger charge is 2.26. The van der Waals surface area contributed by atoms with Crippen molar-refractivity contribution in [3.05, 3.63) is 57.3 Å². The van der Waals surface area contributed by atoms with Gasteiger partial charge in [-0.15, -0.1) is 11.3 Å². The van der Waals surface area contributed by atoms with E-state index in [1.54, 1.807) is 4.90 Å². The number of rotatable bonds is 4. The molecule has 0 radical (unpaired) electrons. The lowest BCUT2D eigenvalue weighted by Gasteiger charge is -2.27. The molecule has 1 aliphatic heterocycles. The predicted octanol–water partition coefficient (Wildman–Crippen LogP) is 3.19. The number of ketones is 1. The Balaban J connectivity index is 1.74. The first-order chi connectivity index (χ1) is 10.2. The van der Waals surface area contributed by atoms with Crippen molar-refractivity contribution in [1.29, 1.82) is 0 Å². The first-order valence-corrected chi connectivity index (χ1v) is 7.99. The molecule has 0 saturated heterocycles. The average molecular weight is 299 g/mol. The Morgan fingerprint density at radius 2 is 2.05 bits per heavy atom. The van der Waals surface area contributed by atoms with Gasteiger partial charge in [0, 0.05) is 17.0 Å². The van der Waals surface area contributed by atoms with E-state index in [4.69, 9.17) is 0 Å². The summed E-state index contributed by atoms with van der Waals surface area (Å²) in [5.74, 6) is 0.00454. The number of amides is 1. The minimum atomic E-state index is -0.0301. The first kappa shape index (κ1) is 14.0. The fraction of sp³-hybridized carbons (Fsp3) is 0.294. The number of carbonyl (C=O) groups excluding carboxylic acids is 2. The maximum absolute atomic E-state index is 12.4. The molecule has 0 fully saturated rings. The molecule has 1 amide bonds. The number of nitrogens with zero attached hydrogens (tertiary/aromatic N) is 1. The summed E-state index contributed by atoms with van der Waals surface area (Å²) in [5.41, 5.74) is 1.81. The third-order valence-electron chi connectivity index (χ3n) is 3.81. The van der Waals surface area contributed by atoms with Crippen LogP contribution in [0.4, 0.5) is 0 Å². The molecule has 0 spiro atoms. The number of carbonyl (C=O) groups is 2. The summed E-state index contributed by atoms with van der Waals surface area (Å²) < 4.78 is 0. The molecule has 2 aromatic rings. The summed E-state index contributed by atoms with van der Waals surface area (Å²) in [5, 5.41) is 0. The lowest BCUT2D eigenvalue weighted by atomic mass is 9.99. The van der Waals surface area contributed by atoms with Crippen molar-refractivity contribution in [2.45, 2.75) is 19.8 Å². The lowest BCUT2D eigenvalue weighted by molar-refractivity contribution is 0.0697. The molecular weight excluding hydrogens is 282 g/mol. The van der Waals surface area contributed by atoms with Crippen LogP contribution in [0.3, 0.4) is 0 Å². The number of hydrogen-bond acceptors (Lipinski definition) is 3. The standard InChI is InChI=1S/C17H17NO2S/c1-2-13-7-8-16(21-13)15(19)11-18-10-9-12-5-3-4-6-14(12)17(18)20/h3-8H,2,9-11H2,1H3. The molecule has 1 aromatic heterocycles. The zero-order chi connectivity index (χ0) is 14.8. The Morgan fingerprint density at radius 3 is 2.81 bits per heavy atom. The second-order valence-electron chi connectivity index (χ2n) is 5.18. The van der Waals surface area contributed by atoms with E-state index in [9.17, 15) is 9.59 Å². The fourth-order valence-electron chi connectivity index (χ4n) is 2.59. The third kappa shape index (κ3) is 2.76. The zero-order valence-corrected chi connectivity index (χ0v) is 12.8. The highest BCUT2D eigenvalue weighted by atomic mass is 32.1. The predicted molar refractivity (Wildman–Crippen MR) is 84.1 cm³/mol. The maximum atomic E-state index is 12.4. The Hall–Kier alpha value is -1.94. The van der Waals surface area contributed by atoms with Gasteiger partial charge in [-0.1, -0.05) is 25.1 Å². The summed E-state index contributed by atoms with van der Waals surface area (Å²) >= 11 is 1.53. The molecule has 3 rings (SSSR count). The number of hydrogen-bond donors (Lipinski definition) is 0. The van der Waals surface area contributed by atoms with Gasteiger partial charge in [-0.25, -0.2) is 0 Å². The molecule has 21 heavy (non-hydrogen) atoms. The molecule has 0 unspecified atom stereocenters. The molecule has 1 aromatic carbocycles. The van der Waals surface area contributed by atoms with Gasteiger partial charge in [0.15, 0.2) is 5.78 Å². The monoisotopic (exact) mass is 299 g/mol. The van der Waals surface area contributed by atoms with Gasteiger partial charge in [-0.05, 0) is 36.6 Å². The molecule has 0 atom stereocenters. The molecule has 4 heteroatoms. The van der Waals surface area contributed by atoms with Crippen molar-refractivity contribution in [2.75, 3.05) is 13.1 Å². The van der Waals surface area contributed by atoms with Crippen LogP contribution in [-0.2, 0) is 12.8 Å². The minimum Gasteiger partial charge on any atom is -0.331 e. The second kappa shape index (κ2) is 5.82. The van der Waals surface area contributed by atoms with Crippen molar-refractivity contribution in [2.24, 2.45) is 0 Å². The van der Waals surface area contributed by atoms with Crippen LogP contribution in [0, 0.1) is 0 Å². The maximum Gasteiger partial charge on any atom is 0.254 e. The van der Waals surface area contributed by atoms with Crippen molar-refractivity contribution < 1.29 is 9.59 Å². The van der Waals surface area contributed by atoms with Crippen LogP contribution in [0.2, 0.25) is 0 Å². The molecule has 108 valence electrons. The van der Waals surface area contributed by atoms with Crippen molar-refractivity contribution in [3.8, 4) is 0 Å². The molecule has 0 aliphatic carbocycles. The van der Waals surface area contributed by atoms with Gasteiger partial charge >= 0.3 is 0 Å². The average Bonchev–Trinajstić information content (AvgIpc) is 2.99. The van der Waals surface area contributed by atoms with Crippen molar-refractivity contribution in [3.63, 3.8) is 0 Å². The first-order valence-electron chi connectivity index (χ1n) is 7.18. The second-order valence-corrected chi connectivity index (χ2v) is 6.34. The zero-order valence-electron chi connectivity index (χ0n) is 12.0. The molecule has 2 heterocycles. The van der Waals surface area contributed by atoms with Crippen LogP contribution in [-0.4, -0.2) is 29.7 Å². The highest BCUT2D eigenvalue weighted by Crippen LogP contribution is 2.21. The van der Waals surface area contributed by atoms with E-state index >= 15 is 0 Å². The Morgan fingerprint density at radius 1 is 1.24 bits per heavy atom. The molecule has 1 aliphatic rings. The van der Waals surface area contributed by atoms with E-state index in [2.05, 4.69) is 6.92 Å². The topological polar surface area (TPSA) is 37.4 Å². The van der Waals surface area contributed by atoms with Gasteiger partial charge in [0.25, 0.3) is 5.91 Å². The highest BCUT2D eigenvalue weighted by molar-refractivity contribution is 7.14. The summed E-state index contributed by atoms with van der Waals surface area (Å²) in [7, 11) is 0. The molecule has 0 bridgehead atoms. The number of Topliss-reactive ketones (excluding diaryl/α,β-unsaturated/α-hetero) is 1. The fourth-order valence-corrected chi connectivity index (χ4v) is 3.47. The number of benzene rings is 1. The Bertz CT molecular complexity index is 690. The van der Waals surface area contributed by atoms with Crippen LogP contribution in [0.5, 0.6) is 0 Å². The Kier molecular flexibility index (Phi) is 3.88. The van der Waals surface area contributed by atoms with E-state index in [-0.39, 0.29) is 18.2 Å². The van der Waals surface area contributed by atoms with Gasteiger partial charge in [0.2, 0.25) is 0 Å². The number of thiophene rings is 1. The van der Waals surface area contributed by atoms with E-state index in [1.807, 2.05) is 36.4 Å². The van der Waals surface area contributed by atoms with E-state index in [0.717, 1.165) is 28.8 Å². The van der Waals surface area contributed by atoms with Crippen molar-refractivity contribution in [1.82, 2.24) is 4.90 Å². The van der Waals surface area contributed by atoms with Crippen LogP contribution < -0.4 is 0 Å². The third-order valence-corrected chi connectivity index (χ3v) is 5.08. The normalized spacial score (nSPS) is 14.1. The van der Waals surface area contributed by atoms with Crippen LogP contribution in [0.1, 0.15) is 37.4 Å². The van der Waals surface area contributed by atoms with Crippen molar-refractivity contribution >= 4 is 23.0 Å². The number of aryl methyl sites for hydroxylation is 1. The van der Waals surface area contributed by atoms with E-state index in [0.29, 0.717) is 6.54 Å². The largest absolute Gasteiger partial charge is 0.331 e.